The minimum atomic E-state index is -3.57. The number of alkyl halides is 1. The highest BCUT2D eigenvalue weighted by Gasteiger charge is 2.26. The molecule has 0 bridgehead atoms. The zero-order valence-corrected chi connectivity index (χ0v) is 12.8. The van der Waals surface area contributed by atoms with Crippen molar-refractivity contribution >= 4 is 27.6 Å². The standard InChI is InChI=1S/C13H18ClNO4S/c1-19-13(16)12(11-7-3-2-4-8-11)15-20(17,18)10-6-5-9-14/h2-4,7-8,12,15H,5-6,9-10H2,1H3. The van der Waals surface area contributed by atoms with Crippen molar-refractivity contribution in [3.05, 3.63) is 35.9 Å². The van der Waals surface area contributed by atoms with E-state index in [2.05, 4.69) is 9.46 Å². The Hall–Kier alpha value is -1.11. The molecule has 1 rings (SSSR count). The van der Waals surface area contributed by atoms with Gasteiger partial charge in [-0.2, -0.15) is 4.72 Å². The number of rotatable bonds is 8. The zero-order chi connectivity index (χ0) is 15.0. The van der Waals surface area contributed by atoms with E-state index in [0.29, 0.717) is 24.3 Å². The van der Waals surface area contributed by atoms with Crippen LogP contribution in [0.5, 0.6) is 0 Å². The zero-order valence-electron chi connectivity index (χ0n) is 11.2. The van der Waals surface area contributed by atoms with Crippen LogP contribution in [-0.4, -0.2) is 33.1 Å². The molecule has 1 N–H and O–H groups in total. The second kappa shape index (κ2) is 8.24. The Morgan fingerprint density at radius 1 is 1.30 bits per heavy atom. The molecule has 5 nitrogen and oxygen atoms in total. The summed E-state index contributed by atoms with van der Waals surface area (Å²) in [5.74, 6) is -0.300. The van der Waals surface area contributed by atoms with Gasteiger partial charge in [0.15, 0.2) is 0 Å². The summed E-state index contributed by atoms with van der Waals surface area (Å²) >= 11 is 5.52. The number of unbranched alkanes of at least 4 members (excludes halogenated alkanes) is 1. The molecule has 1 unspecified atom stereocenters. The SMILES string of the molecule is COC(=O)C(NS(=O)(=O)CCCCCl)c1ccccc1. The summed E-state index contributed by atoms with van der Waals surface area (Å²) in [6, 6.07) is 7.56. The van der Waals surface area contributed by atoms with Crippen molar-refractivity contribution in [3.8, 4) is 0 Å². The molecule has 20 heavy (non-hydrogen) atoms. The summed E-state index contributed by atoms with van der Waals surface area (Å²) in [5, 5.41) is 0. The summed E-state index contributed by atoms with van der Waals surface area (Å²) in [6.07, 6.45) is 1.05. The number of halogens is 1. The third-order valence-electron chi connectivity index (χ3n) is 2.66. The number of carbonyl (C=O) groups excluding carboxylic acids is 1. The van der Waals surface area contributed by atoms with E-state index in [4.69, 9.17) is 11.6 Å². The summed E-state index contributed by atoms with van der Waals surface area (Å²) in [7, 11) is -2.34. The van der Waals surface area contributed by atoms with E-state index in [1.165, 1.54) is 7.11 Å². The molecular formula is C13H18ClNO4S. The van der Waals surface area contributed by atoms with Gasteiger partial charge in [0.25, 0.3) is 0 Å². The summed E-state index contributed by atoms with van der Waals surface area (Å²) in [6.45, 7) is 0. The van der Waals surface area contributed by atoms with Gasteiger partial charge in [-0.3, -0.25) is 0 Å². The second-order valence-electron chi connectivity index (χ2n) is 4.20. The molecule has 0 fully saturated rings. The van der Waals surface area contributed by atoms with Crippen LogP contribution in [-0.2, 0) is 19.6 Å². The lowest BCUT2D eigenvalue weighted by Gasteiger charge is -2.16. The number of benzene rings is 1. The molecule has 0 saturated carbocycles. The molecule has 0 amide bonds. The molecule has 1 atom stereocenters. The topological polar surface area (TPSA) is 72.5 Å². The minimum absolute atomic E-state index is 0.0694. The molecule has 0 spiro atoms. The van der Waals surface area contributed by atoms with E-state index in [-0.39, 0.29) is 5.75 Å². The molecule has 1 aromatic rings. The van der Waals surface area contributed by atoms with Crippen LogP contribution in [0.1, 0.15) is 24.4 Å². The van der Waals surface area contributed by atoms with Gasteiger partial charge >= 0.3 is 5.97 Å². The Morgan fingerprint density at radius 3 is 2.50 bits per heavy atom. The number of hydrogen-bond donors (Lipinski definition) is 1. The third kappa shape index (κ3) is 5.48. The normalized spacial score (nSPS) is 12.9. The van der Waals surface area contributed by atoms with Gasteiger partial charge in [0, 0.05) is 5.88 Å². The van der Waals surface area contributed by atoms with Crippen molar-refractivity contribution in [2.45, 2.75) is 18.9 Å². The molecule has 0 heterocycles. The van der Waals surface area contributed by atoms with E-state index >= 15 is 0 Å². The Kier molecular flexibility index (Phi) is 6.98. The second-order valence-corrected chi connectivity index (χ2v) is 6.45. The highest BCUT2D eigenvalue weighted by atomic mass is 35.5. The molecule has 7 heteroatoms. The van der Waals surface area contributed by atoms with E-state index in [9.17, 15) is 13.2 Å². The summed E-state index contributed by atoms with van der Waals surface area (Å²) in [5.41, 5.74) is 0.542. The summed E-state index contributed by atoms with van der Waals surface area (Å²) < 4.78 is 30.9. The van der Waals surface area contributed by atoms with Crippen molar-refractivity contribution in [2.24, 2.45) is 0 Å². The molecule has 0 aliphatic carbocycles. The predicted molar refractivity (Wildman–Crippen MR) is 78.1 cm³/mol. The van der Waals surface area contributed by atoms with Crippen LogP contribution < -0.4 is 4.72 Å². The molecular weight excluding hydrogens is 302 g/mol. The van der Waals surface area contributed by atoms with Crippen molar-refractivity contribution in [1.29, 1.82) is 0 Å². The lowest BCUT2D eigenvalue weighted by atomic mass is 10.1. The van der Waals surface area contributed by atoms with Crippen LogP contribution in [0.2, 0.25) is 0 Å². The number of nitrogens with one attached hydrogen (secondary N) is 1. The first-order valence-corrected chi connectivity index (χ1v) is 8.37. The Labute approximate surface area is 124 Å². The Balaban J connectivity index is 2.83. The first kappa shape index (κ1) is 16.9. The maximum Gasteiger partial charge on any atom is 0.328 e. The monoisotopic (exact) mass is 319 g/mol. The van der Waals surface area contributed by atoms with Crippen molar-refractivity contribution in [1.82, 2.24) is 4.72 Å². The van der Waals surface area contributed by atoms with E-state index in [0.717, 1.165) is 0 Å². The smallest absolute Gasteiger partial charge is 0.328 e. The van der Waals surface area contributed by atoms with E-state index < -0.39 is 22.0 Å². The van der Waals surface area contributed by atoms with Gasteiger partial charge in [-0.25, -0.2) is 13.2 Å². The average Bonchev–Trinajstić information content (AvgIpc) is 2.45. The van der Waals surface area contributed by atoms with Crippen molar-refractivity contribution in [2.75, 3.05) is 18.7 Å². The maximum atomic E-state index is 11.9. The fourth-order valence-corrected chi connectivity index (χ4v) is 3.12. The Bertz CT molecular complexity index is 518. The fraction of sp³-hybridized carbons (Fsp3) is 0.462. The first-order chi connectivity index (χ1) is 9.50. The lowest BCUT2D eigenvalue weighted by Crippen LogP contribution is -2.36. The van der Waals surface area contributed by atoms with Crippen LogP contribution >= 0.6 is 11.6 Å². The number of methoxy groups -OCH3 is 1. The Morgan fingerprint density at radius 2 is 1.95 bits per heavy atom. The highest BCUT2D eigenvalue weighted by Crippen LogP contribution is 2.15. The fourth-order valence-electron chi connectivity index (χ4n) is 1.64. The molecule has 0 aliphatic heterocycles. The molecule has 1 aromatic carbocycles. The summed E-state index contributed by atoms with van der Waals surface area (Å²) in [4.78, 5) is 11.7. The first-order valence-electron chi connectivity index (χ1n) is 6.19. The number of esters is 1. The van der Waals surface area contributed by atoms with Gasteiger partial charge in [0.2, 0.25) is 10.0 Å². The molecule has 0 radical (unpaired) electrons. The van der Waals surface area contributed by atoms with Crippen LogP contribution in [0.25, 0.3) is 0 Å². The lowest BCUT2D eigenvalue weighted by molar-refractivity contribution is -0.142. The molecule has 0 saturated heterocycles. The minimum Gasteiger partial charge on any atom is -0.468 e. The largest absolute Gasteiger partial charge is 0.468 e. The van der Waals surface area contributed by atoms with Crippen LogP contribution in [0.3, 0.4) is 0 Å². The van der Waals surface area contributed by atoms with Gasteiger partial charge in [0.05, 0.1) is 12.9 Å². The van der Waals surface area contributed by atoms with Crippen LogP contribution in [0.15, 0.2) is 30.3 Å². The van der Waals surface area contributed by atoms with Crippen molar-refractivity contribution < 1.29 is 17.9 Å². The average molecular weight is 320 g/mol. The van der Waals surface area contributed by atoms with Crippen molar-refractivity contribution in [3.63, 3.8) is 0 Å². The van der Waals surface area contributed by atoms with Gasteiger partial charge in [-0.15, -0.1) is 11.6 Å². The highest BCUT2D eigenvalue weighted by molar-refractivity contribution is 7.89. The third-order valence-corrected chi connectivity index (χ3v) is 4.35. The molecule has 0 aromatic heterocycles. The van der Waals surface area contributed by atoms with Gasteiger partial charge in [-0.1, -0.05) is 30.3 Å². The van der Waals surface area contributed by atoms with Crippen LogP contribution in [0, 0.1) is 0 Å². The van der Waals surface area contributed by atoms with Gasteiger partial charge in [0.1, 0.15) is 6.04 Å². The van der Waals surface area contributed by atoms with E-state index in [1.54, 1.807) is 30.3 Å². The maximum absolute atomic E-state index is 11.9. The number of sulfonamides is 1. The van der Waals surface area contributed by atoms with Gasteiger partial charge < -0.3 is 4.74 Å². The number of hydrogen-bond acceptors (Lipinski definition) is 4. The quantitative estimate of drug-likeness (QED) is 0.451. The molecule has 0 aliphatic rings. The van der Waals surface area contributed by atoms with Crippen LogP contribution in [0.4, 0.5) is 0 Å². The van der Waals surface area contributed by atoms with Gasteiger partial charge in [-0.05, 0) is 18.4 Å². The predicted octanol–water partition coefficient (Wildman–Crippen LogP) is 1.84. The number of ether oxygens (including phenoxy) is 1. The number of carbonyl (C=O) groups is 1. The van der Waals surface area contributed by atoms with E-state index in [1.807, 2.05) is 0 Å². The molecule has 112 valence electrons.